The molecular formula is C30H20Cl2N2O7. The molecule has 0 fully saturated rings. The van der Waals surface area contributed by atoms with Crippen molar-refractivity contribution in [2.45, 2.75) is 31.3 Å². The van der Waals surface area contributed by atoms with E-state index >= 15 is 0 Å². The molecule has 0 aliphatic carbocycles. The van der Waals surface area contributed by atoms with Crippen LogP contribution in [0, 0.1) is 22.7 Å². The second-order valence-electron chi connectivity index (χ2n) is 9.12. The maximum atomic E-state index is 13.2. The van der Waals surface area contributed by atoms with Crippen LogP contribution < -0.4 is 4.74 Å². The molecule has 2 aliphatic heterocycles. The Labute approximate surface area is 244 Å². The Morgan fingerprint density at radius 2 is 1.32 bits per heavy atom. The first kappa shape index (κ1) is 28.0. The molecule has 9 nitrogen and oxygen atoms in total. The molecule has 2 heterocycles. The molecule has 3 aromatic rings. The van der Waals surface area contributed by atoms with Crippen LogP contribution in [0.1, 0.15) is 63.9 Å². The lowest BCUT2D eigenvalue weighted by Crippen LogP contribution is -2.33. The molecular weight excluding hydrogens is 571 g/mol. The van der Waals surface area contributed by atoms with Crippen molar-refractivity contribution >= 4 is 41.1 Å². The fourth-order valence-electron chi connectivity index (χ4n) is 5.09. The van der Waals surface area contributed by atoms with Crippen LogP contribution in [0.25, 0.3) is 0 Å². The van der Waals surface area contributed by atoms with Crippen LogP contribution >= 0.6 is 23.2 Å². The smallest absolute Gasteiger partial charge is 0.340 e. The number of benzene rings is 3. The summed E-state index contributed by atoms with van der Waals surface area (Å²) in [7, 11) is 0. The van der Waals surface area contributed by atoms with Gasteiger partial charge in [0.15, 0.2) is 17.4 Å². The average Bonchev–Trinajstić information content (AvgIpc) is 3.21. The molecule has 0 radical (unpaired) electrons. The van der Waals surface area contributed by atoms with Crippen molar-refractivity contribution in [2.24, 2.45) is 0 Å². The first-order valence-corrected chi connectivity index (χ1v) is 13.3. The lowest BCUT2D eigenvalue weighted by Gasteiger charge is -2.37. The van der Waals surface area contributed by atoms with E-state index in [2.05, 4.69) is 0 Å². The van der Waals surface area contributed by atoms with E-state index in [-0.39, 0.29) is 40.3 Å². The number of rotatable bonds is 6. The Morgan fingerprint density at radius 3 is 1.78 bits per heavy atom. The van der Waals surface area contributed by atoms with Gasteiger partial charge in [-0.2, -0.15) is 10.5 Å². The topological polar surface area (TPSA) is 136 Å². The summed E-state index contributed by atoms with van der Waals surface area (Å²) in [6.45, 7) is 3.45. The van der Waals surface area contributed by atoms with Crippen molar-refractivity contribution in [2.75, 3.05) is 13.2 Å². The van der Waals surface area contributed by atoms with Gasteiger partial charge in [0.25, 0.3) is 0 Å². The number of halogens is 2. The zero-order valence-electron chi connectivity index (χ0n) is 21.7. The molecule has 0 saturated heterocycles. The molecule has 41 heavy (non-hydrogen) atoms. The number of nitriles is 2. The summed E-state index contributed by atoms with van der Waals surface area (Å²) < 4.78 is 22.4. The normalized spacial score (nSPS) is 17.5. The number of fused-ring (bicyclic) bond motifs is 6. The maximum Gasteiger partial charge on any atom is 0.340 e. The first-order valence-electron chi connectivity index (χ1n) is 12.5. The van der Waals surface area contributed by atoms with Gasteiger partial charge in [-0.25, -0.2) is 4.79 Å². The van der Waals surface area contributed by atoms with Crippen LogP contribution in [-0.2, 0) is 29.4 Å². The van der Waals surface area contributed by atoms with Crippen LogP contribution in [0.5, 0.6) is 11.5 Å². The number of carbonyl (C=O) groups excluding carboxylic acids is 3. The van der Waals surface area contributed by atoms with Gasteiger partial charge in [-0.3, -0.25) is 9.59 Å². The van der Waals surface area contributed by atoms with Gasteiger partial charge >= 0.3 is 17.9 Å². The zero-order valence-corrected chi connectivity index (χ0v) is 23.2. The van der Waals surface area contributed by atoms with Crippen LogP contribution in [0.3, 0.4) is 0 Å². The Kier molecular flexibility index (Phi) is 7.35. The van der Waals surface area contributed by atoms with Gasteiger partial charge in [-0.15, -0.1) is 0 Å². The van der Waals surface area contributed by atoms with Gasteiger partial charge in [-0.05, 0) is 49.2 Å². The number of hydrogen-bond donors (Lipinski definition) is 0. The fraction of sp³-hybridized carbons (Fsp3) is 0.233. The minimum Gasteiger partial charge on any atom is -0.465 e. The highest BCUT2D eigenvalue weighted by Gasteiger charge is 2.54. The molecule has 5 rings (SSSR count). The summed E-state index contributed by atoms with van der Waals surface area (Å²) >= 11 is 12.6. The highest BCUT2D eigenvalue weighted by molar-refractivity contribution is 6.42. The highest BCUT2D eigenvalue weighted by Crippen LogP contribution is 2.57. The fourth-order valence-corrected chi connectivity index (χ4v) is 5.41. The molecule has 206 valence electrons. The molecule has 1 spiro atoms. The predicted molar refractivity (Wildman–Crippen MR) is 145 cm³/mol. The van der Waals surface area contributed by atoms with E-state index in [4.69, 9.17) is 42.1 Å². The molecule has 3 aromatic carbocycles. The molecule has 2 aliphatic rings. The monoisotopic (exact) mass is 590 g/mol. The van der Waals surface area contributed by atoms with E-state index in [9.17, 15) is 24.9 Å². The van der Waals surface area contributed by atoms with Gasteiger partial charge < -0.3 is 18.9 Å². The Bertz CT molecular complexity index is 1620. The molecule has 0 N–H and O–H groups in total. The molecule has 2 atom stereocenters. The molecule has 2 unspecified atom stereocenters. The van der Waals surface area contributed by atoms with E-state index in [0.717, 1.165) is 0 Å². The van der Waals surface area contributed by atoms with E-state index in [1.165, 1.54) is 24.3 Å². The summed E-state index contributed by atoms with van der Waals surface area (Å²) in [6.07, 6.45) is 0. The minimum atomic E-state index is -1.56. The Morgan fingerprint density at radius 1 is 0.829 bits per heavy atom. The Hall–Kier alpha value is -4.57. The summed E-state index contributed by atoms with van der Waals surface area (Å²) in [5.74, 6) is -4.26. The van der Waals surface area contributed by atoms with Gasteiger partial charge in [0, 0.05) is 16.7 Å². The minimum absolute atomic E-state index is 0.0916. The summed E-state index contributed by atoms with van der Waals surface area (Å²) in [4.78, 5) is 38.2. The van der Waals surface area contributed by atoms with Gasteiger partial charge in [0.1, 0.15) is 11.5 Å². The van der Waals surface area contributed by atoms with Crippen LogP contribution in [0.15, 0.2) is 48.5 Å². The van der Waals surface area contributed by atoms with Crippen LogP contribution in [0.4, 0.5) is 0 Å². The third-order valence-corrected chi connectivity index (χ3v) is 7.59. The number of ether oxygens (including phenoxy) is 4. The Balaban J connectivity index is 1.75. The second kappa shape index (κ2) is 10.8. The zero-order chi connectivity index (χ0) is 29.5. The lowest BCUT2D eigenvalue weighted by atomic mass is 9.76. The molecule has 11 heteroatoms. The predicted octanol–water partition coefficient (Wildman–Crippen LogP) is 5.90. The van der Waals surface area contributed by atoms with Crippen molar-refractivity contribution in [1.82, 2.24) is 0 Å². The number of carbonyl (C=O) groups is 3. The second-order valence-corrected chi connectivity index (χ2v) is 9.94. The van der Waals surface area contributed by atoms with E-state index in [1.54, 1.807) is 38.1 Å². The first-order chi connectivity index (χ1) is 19.7. The van der Waals surface area contributed by atoms with E-state index in [0.29, 0.717) is 27.8 Å². The van der Waals surface area contributed by atoms with Gasteiger partial charge in [0.2, 0.25) is 0 Å². The van der Waals surface area contributed by atoms with E-state index in [1.807, 2.05) is 12.1 Å². The SMILES string of the molecule is CCOC(=O)C(C#N)c1ccc2c(c1)Oc1cc(C(C#N)C(=O)OCC)ccc1C21OC(=O)c2cc(Cl)c(Cl)cc21. The van der Waals surface area contributed by atoms with Crippen LogP contribution in [0.2, 0.25) is 10.0 Å². The van der Waals surface area contributed by atoms with Crippen LogP contribution in [-0.4, -0.2) is 31.1 Å². The summed E-state index contributed by atoms with van der Waals surface area (Å²) in [5, 5.41) is 19.8. The number of hydrogen-bond acceptors (Lipinski definition) is 9. The molecule has 0 saturated carbocycles. The molecule has 0 amide bonds. The van der Waals surface area contributed by atoms with Gasteiger partial charge in [0.05, 0.1) is 41.0 Å². The highest BCUT2D eigenvalue weighted by atomic mass is 35.5. The number of nitrogens with zero attached hydrogens (tertiary/aromatic N) is 2. The molecule has 0 bridgehead atoms. The summed E-state index contributed by atoms with van der Waals surface area (Å²) in [5.41, 5.74) is 0.407. The van der Waals surface area contributed by atoms with Crippen molar-refractivity contribution in [3.63, 3.8) is 0 Å². The average molecular weight is 591 g/mol. The van der Waals surface area contributed by atoms with Crippen molar-refractivity contribution in [1.29, 1.82) is 10.5 Å². The quantitative estimate of drug-likeness (QED) is 0.253. The standard InChI is InChI=1S/C30H20Cl2N2O7/c1-3-38-27(35)18(13-33)15-5-7-20-25(9-15)40-26-10-16(19(14-34)28(36)39-4-2)6-8-21(26)30(20)22-12-24(32)23(31)11-17(22)29(37)41-30/h5-12,18-19H,3-4H2,1-2H3. The third-order valence-electron chi connectivity index (χ3n) is 6.86. The molecule has 0 aromatic heterocycles. The number of esters is 3. The van der Waals surface area contributed by atoms with Crippen molar-refractivity contribution in [3.8, 4) is 23.6 Å². The third kappa shape index (κ3) is 4.44. The van der Waals surface area contributed by atoms with Gasteiger partial charge in [-0.1, -0.05) is 47.5 Å². The summed E-state index contributed by atoms with van der Waals surface area (Å²) in [6, 6.07) is 16.2. The maximum absolute atomic E-state index is 13.2. The largest absolute Gasteiger partial charge is 0.465 e. The lowest BCUT2D eigenvalue weighted by molar-refractivity contribution is -0.144. The van der Waals surface area contributed by atoms with Crippen molar-refractivity contribution in [3.05, 3.63) is 92.0 Å². The van der Waals surface area contributed by atoms with Crippen molar-refractivity contribution < 1.29 is 33.3 Å². The van der Waals surface area contributed by atoms with E-state index < -0.39 is 35.3 Å².